The minimum absolute atomic E-state index is 0.00486. The van der Waals surface area contributed by atoms with Crippen molar-refractivity contribution in [1.82, 2.24) is 10.6 Å². The third-order valence-electron chi connectivity index (χ3n) is 5.42. The number of nitrogens with one attached hydrogen (secondary N) is 2. The Morgan fingerprint density at radius 3 is 2.16 bits per heavy atom. The van der Waals surface area contributed by atoms with E-state index < -0.39 is 0 Å². The molecule has 0 aromatic rings. The van der Waals surface area contributed by atoms with Crippen LogP contribution in [0.2, 0.25) is 0 Å². The molecule has 0 aromatic carbocycles. The molecule has 4 rings (SSSR count). The van der Waals surface area contributed by atoms with Crippen LogP contribution in [0.25, 0.3) is 0 Å². The Balaban J connectivity index is 1.61. The topological polar surface area (TPSA) is 41.1 Å². The predicted octanol–water partition coefficient (Wildman–Crippen LogP) is 3.57. The highest BCUT2D eigenvalue weighted by Crippen LogP contribution is 2.55. The molecule has 0 aliphatic heterocycles. The van der Waals surface area contributed by atoms with Crippen molar-refractivity contribution in [3.05, 3.63) is 11.8 Å². The van der Waals surface area contributed by atoms with Gasteiger partial charge in [0.1, 0.15) is 0 Å². The highest BCUT2D eigenvalue weighted by atomic mass is 16.2. The summed E-state index contributed by atoms with van der Waals surface area (Å²) in [6.07, 6.45) is 10.7. The Morgan fingerprint density at radius 2 is 1.68 bits per heavy atom. The maximum atomic E-state index is 12.1. The number of rotatable bonds is 3. The fourth-order valence-electron chi connectivity index (χ4n) is 4.83. The summed E-state index contributed by atoms with van der Waals surface area (Å²) < 4.78 is 0. The SMILES string of the molecule is CC/C(C)=C/NC(=O)NC12CC3CC(CC(C3)C1)C2. The van der Waals surface area contributed by atoms with Crippen molar-refractivity contribution in [2.45, 2.75) is 64.3 Å². The normalized spacial score (nSPS) is 40.3. The van der Waals surface area contributed by atoms with Crippen molar-refractivity contribution < 1.29 is 4.79 Å². The van der Waals surface area contributed by atoms with Crippen LogP contribution in [0.1, 0.15) is 58.8 Å². The Morgan fingerprint density at radius 1 is 1.16 bits per heavy atom. The molecule has 0 unspecified atom stereocenters. The van der Waals surface area contributed by atoms with Crippen LogP contribution >= 0.6 is 0 Å². The molecule has 4 fully saturated rings. The van der Waals surface area contributed by atoms with E-state index in [0.717, 1.165) is 24.2 Å². The molecule has 4 aliphatic rings. The third-order valence-corrected chi connectivity index (χ3v) is 5.42. The van der Waals surface area contributed by atoms with Crippen molar-refractivity contribution in [2.24, 2.45) is 17.8 Å². The third kappa shape index (κ3) is 2.65. The molecular weight excluding hydrogens is 236 g/mol. The van der Waals surface area contributed by atoms with E-state index in [4.69, 9.17) is 0 Å². The fraction of sp³-hybridized carbons (Fsp3) is 0.812. The van der Waals surface area contributed by atoms with Gasteiger partial charge in [0, 0.05) is 11.7 Å². The van der Waals surface area contributed by atoms with Gasteiger partial charge in [0.2, 0.25) is 0 Å². The van der Waals surface area contributed by atoms with Gasteiger partial charge in [-0.15, -0.1) is 0 Å². The summed E-state index contributed by atoms with van der Waals surface area (Å²) in [6.45, 7) is 4.15. The first-order chi connectivity index (χ1) is 9.08. The van der Waals surface area contributed by atoms with E-state index in [1.807, 2.05) is 13.1 Å². The van der Waals surface area contributed by atoms with E-state index in [1.54, 1.807) is 0 Å². The molecule has 2 amide bonds. The van der Waals surface area contributed by atoms with Gasteiger partial charge < -0.3 is 10.6 Å². The lowest BCUT2D eigenvalue weighted by Gasteiger charge is -2.56. The van der Waals surface area contributed by atoms with Crippen molar-refractivity contribution in [3.8, 4) is 0 Å². The number of carbonyl (C=O) groups excluding carboxylic acids is 1. The van der Waals surface area contributed by atoms with Crippen LogP contribution in [-0.2, 0) is 0 Å². The van der Waals surface area contributed by atoms with Crippen LogP contribution in [0, 0.1) is 17.8 Å². The summed E-state index contributed by atoms with van der Waals surface area (Å²) in [5.74, 6) is 2.62. The van der Waals surface area contributed by atoms with Gasteiger partial charge in [-0.1, -0.05) is 12.5 Å². The lowest BCUT2D eigenvalue weighted by molar-refractivity contribution is -0.0133. The molecule has 0 heterocycles. The van der Waals surface area contributed by atoms with Crippen molar-refractivity contribution in [1.29, 1.82) is 0 Å². The van der Waals surface area contributed by atoms with E-state index in [2.05, 4.69) is 17.6 Å². The van der Waals surface area contributed by atoms with Gasteiger partial charge in [-0.3, -0.25) is 0 Å². The second-order valence-electron chi connectivity index (χ2n) is 7.14. The molecule has 4 saturated carbocycles. The summed E-state index contributed by atoms with van der Waals surface area (Å²) in [7, 11) is 0. The van der Waals surface area contributed by atoms with Crippen LogP contribution in [0.5, 0.6) is 0 Å². The molecule has 0 atom stereocenters. The first-order valence-corrected chi connectivity index (χ1v) is 7.83. The minimum atomic E-state index is -0.00486. The monoisotopic (exact) mass is 262 g/mol. The molecule has 3 nitrogen and oxygen atoms in total. The number of allylic oxidation sites excluding steroid dienone is 1. The van der Waals surface area contributed by atoms with Crippen LogP contribution in [0.3, 0.4) is 0 Å². The average Bonchev–Trinajstić information content (AvgIpc) is 2.33. The Labute approximate surface area is 116 Å². The molecule has 0 aromatic heterocycles. The van der Waals surface area contributed by atoms with Crippen LogP contribution in [0.4, 0.5) is 4.79 Å². The number of carbonyl (C=O) groups is 1. The summed E-state index contributed by atoms with van der Waals surface area (Å²) in [6, 6.07) is -0.00486. The lowest BCUT2D eigenvalue weighted by atomic mass is 9.53. The zero-order valence-corrected chi connectivity index (χ0v) is 12.2. The van der Waals surface area contributed by atoms with E-state index in [-0.39, 0.29) is 11.6 Å². The second-order valence-corrected chi connectivity index (χ2v) is 7.14. The van der Waals surface area contributed by atoms with Crippen LogP contribution < -0.4 is 10.6 Å². The number of hydrogen-bond acceptors (Lipinski definition) is 1. The van der Waals surface area contributed by atoms with E-state index in [9.17, 15) is 4.79 Å². The van der Waals surface area contributed by atoms with Crippen LogP contribution in [-0.4, -0.2) is 11.6 Å². The molecule has 4 aliphatic carbocycles. The smallest absolute Gasteiger partial charge is 0.319 e. The molecule has 19 heavy (non-hydrogen) atoms. The zero-order chi connectivity index (χ0) is 13.5. The number of amides is 2. The van der Waals surface area contributed by atoms with Gasteiger partial charge >= 0.3 is 6.03 Å². The molecule has 0 saturated heterocycles. The minimum Gasteiger partial charge on any atom is -0.332 e. The molecule has 3 heteroatoms. The van der Waals surface area contributed by atoms with Crippen molar-refractivity contribution in [3.63, 3.8) is 0 Å². The van der Waals surface area contributed by atoms with Crippen molar-refractivity contribution >= 4 is 6.03 Å². The van der Waals surface area contributed by atoms with Gasteiger partial charge in [-0.25, -0.2) is 4.79 Å². The predicted molar refractivity (Wildman–Crippen MR) is 76.6 cm³/mol. The zero-order valence-electron chi connectivity index (χ0n) is 12.2. The molecule has 0 spiro atoms. The van der Waals surface area contributed by atoms with Gasteiger partial charge in [0.15, 0.2) is 0 Å². The second kappa shape index (κ2) is 4.84. The van der Waals surface area contributed by atoms with E-state index >= 15 is 0 Å². The Hall–Kier alpha value is -0.990. The quantitative estimate of drug-likeness (QED) is 0.802. The summed E-state index contributed by atoms with van der Waals surface area (Å²) in [4.78, 5) is 12.1. The summed E-state index contributed by atoms with van der Waals surface area (Å²) >= 11 is 0. The highest BCUT2D eigenvalue weighted by Gasteiger charge is 2.51. The Kier molecular flexibility index (Phi) is 3.32. The fourth-order valence-corrected chi connectivity index (χ4v) is 4.83. The van der Waals surface area contributed by atoms with Crippen molar-refractivity contribution in [2.75, 3.05) is 0 Å². The largest absolute Gasteiger partial charge is 0.332 e. The molecule has 4 bridgehead atoms. The van der Waals surface area contributed by atoms with Gasteiger partial charge in [0.05, 0.1) is 0 Å². The molecule has 2 N–H and O–H groups in total. The molecule has 106 valence electrons. The van der Waals surface area contributed by atoms with Gasteiger partial charge in [-0.05, 0) is 69.6 Å². The van der Waals surface area contributed by atoms with E-state index in [1.165, 1.54) is 44.1 Å². The first kappa shape index (κ1) is 13.0. The van der Waals surface area contributed by atoms with Crippen LogP contribution in [0.15, 0.2) is 11.8 Å². The first-order valence-electron chi connectivity index (χ1n) is 7.83. The summed E-state index contributed by atoms with van der Waals surface area (Å²) in [5, 5.41) is 6.21. The standard InChI is InChI=1S/C16H26N2O/c1-3-11(2)10-17-15(19)18-16-7-12-4-13(8-16)6-14(5-12)9-16/h10,12-14H,3-9H2,1-2H3,(H2,17,18,19)/b11-10+. The highest BCUT2D eigenvalue weighted by molar-refractivity contribution is 5.76. The maximum Gasteiger partial charge on any atom is 0.319 e. The average molecular weight is 262 g/mol. The Bertz CT molecular complexity index is 364. The molecular formula is C16H26N2O. The molecule has 0 radical (unpaired) electrons. The number of hydrogen-bond donors (Lipinski definition) is 2. The maximum absolute atomic E-state index is 12.1. The van der Waals surface area contributed by atoms with Gasteiger partial charge in [0.25, 0.3) is 0 Å². The van der Waals surface area contributed by atoms with Gasteiger partial charge in [-0.2, -0.15) is 0 Å². The summed E-state index contributed by atoms with van der Waals surface area (Å²) in [5.41, 5.74) is 1.33. The number of urea groups is 1. The lowest BCUT2D eigenvalue weighted by Crippen LogP contribution is -2.61. The van der Waals surface area contributed by atoms with E-state index in [0.29, 0.717) is 0 Å².